The molecule has 1 saturated carbocycles. The van der Waals surface area contributed by atoms with E-state index in [1.54, 1.807) is 37.4 Å². The van der Waals surface area contributed by atoms with Crippen LogP contribution in [-0.2, 0) is 16.8 Å². The lowest BCUT2D eigenvalue weighted by Gasteiger charge is -2.27. The zero-order valence-electron chi connectivity index (χ0n) is 20.3. The number of anilines is 1. The molecular weight excluding hydrogens is 444 g/mol. The van der Waals surface area contributed by atoms with Crippen LogP contribution in [0.25, 0.3) is 22.7 Å². The van der Waals surface area contributed by atoms with Gasteiger partial charge in [-0.3, -0.25) is 9.48 Å². The highest BCUT2D eigenvalue weighted by molar-refractivity contribution is 5.75. The molecule has 5 rings (SSSR count). The van der Waals surface area contributed by atoms with Crippen molar-refractivity contribution in [3.05, 3.63) is 59.9 Å². The highest BCUT2D eigenvalue weighted by Gasteiger charge is 2.47. The molecule has 3 aromatic heterocycles. The number of hydrogen-bond donors (Lipinski definition) is 1. The highest BCUT2D eigenvalue weighted by atomic mass is 16.5. The summed E-state index contributed by atoms with van der Waals surface area (Å²) in [4.78, 5) is 27.0. The number of nitrogen functional groups attached to an aromatic ring is 1. The van der Waals surface area contributed by atoms with Crippen LogP contribution in [0.4, 0.5) is 5.82 Å². The quantitative estimate of drug-likeness (QED) is 0.434. The van der Waals surface area contributed by atoms with Gasteiger partial charge in [0.1, 0.15) is 12.4 Å². The fourth-order valence-electron chi connectivity index (χ4n) is 4.22. The lowest BCUT2D eigenvalue weighted by atomic mass is 9.77. The molecule has 1 aliphatic rings. The predicted molar refractivity (Wildman–Crippen MR) is 130 cm³/mol. The Hall–Kier alpha value is -4.08. The number of carbonyl (C=O) groups is 1. The molecule has 1 fully saturated rings. The third-order valence-electron chi connectivity index (χ3n) is 6.73. The van der Waals surface area contributed by atoms with Crippen molar-refractivity contribution in [1.29, 1.82) is 0 Å². The van der Waals surface area contributed by atoms with E-state index in [0.717, 1.165) is 29.7 Å². The fourth-order valence-corrected chi connectivity index (χ4v) is 4.22. The van der Waals surface area contributed by atoms with Crippen molar-refractivity contribution in [1.82, 2.24) is 34.8 Å². The van der Waals surface area contributed by atoms with Gasteiger partial charge in [0.25, 0.3) is 5.89 Å². The second-order valence-electron chi connectivity index (χ2n) is 9.42. The van der Waals surface area contributed by atoms with Gasteiger partial charge < -0.3 is 15.2 Å². The summed E-state index contributed by atoms with van der Waals surface area (Å²) in [6, 6.07) is 8.29. The minimum atomic E-state index is -0.389. The molecule has 0 radical (unpaired) electrons. The van der Waals surface area contributed by atoms with Crippen molar-refractivity contribution in [2.45, 2.75) is 38.6 Å². The molecule has 0 bridgehead atoms. The molecule has 4 aromatic rings. The van der Waals surface area contributed by atoms with Crippen LogP contribution in [-0.4, -0.2) is 54.8 Å². The zero-order valence-corrected chi connectivity index (χ0v) is 20.3. The first-order valence-corrected chi connectivity index (χ1v) is 11.5. The minimum absolute atomic E-state index is 0.0456. The van der Waals surface area contributed by atoms with E-state index in [1.807, 2.05) is 19.1 Å². The Kier molecular flexibility index (Phi) is 5.58. The molecule has 2 N–H and O–H groups in total. The largest absolute Gasteiger partial charge is 0.382 e. The smallest absolute Gasteiger partial charge is 0.261 e. The monoisotopic (exact) mass is 472 g/mol. The first-order valence-electron chi connectivity index (χ1n) is 11.5. The van der Waals surface area contributed by atoms with E-state index in [0.29, 0.717) is 34.7 Å². The summed E-state index contributed by atoms with van der Waals surface area (Å²) < 4.78 is 7.21. The molecule has 1 aliphatic carbocycles. The van der Waals surface area contributed by atoms with Gasteiger partial charge in [-0.1, -0.05) is 29.4 Å². The Morgan fingerprint density at radius 1 is 1.17 bits per heavy atom. The summed E-state index contributed by atoms with van der Waals surface area (Å²) >= 11 is 0. The Morgan fingerprint density at radius 3 is 2.57 bits per heavy atom. The summed E-state index contributed by atoms with van der Waals surface area (Å²) in [5, 5.41) is 8.63. The Morgan fingerprint density at radius 2 is 1.91 bits per heavy atom. The maximum Gasteiger partial charge on any atom is 0.261 e. The molecule has 180 valence electrons. The third kappa shape index (κ3) is 4.27. The van der Waals surface area contributed by atoms with E-state index in [2.05, 4.69) is 39.3 Å². The maximum absolute atomic E-state index is 12.0. The van der Waals surface area contributed by atoms with E-state index >= 15 is 0 Å². The van der Waals surface area contributed by atoms with Crippen molar-refractivity contribution < 1.29 is 9.32 Å². The summed E-state index contributed by atoms with van der Waals surface area (Å²) in [7, 11) is 3.43. The molecule has 1 atom stereocenters. The number of nitrogens with two attached hydrogens (primary N) is 1. The average Bonchev–Trinajstić information content (AvgIpc) is 3.41. The second-order valence-corrected chi connectivity index (χ2v) is 9.42. The summed E-state index contributed by atoms with van der Waals surface area (Å²) in [6.07, 6.45) is 7.29. The van der Waals surface area contributed by atoms with Crippen molar-refractivity contribution in [3.8, 4) is 22.7 Å². The molecular formula is C25H28N8O2. The number of likely N-dealkylation sites (N-methyl/N-ethyl adjacent to an activating group) is 1. The standard InChI is InChI=1S/C25H28N8O2/c1-15-22(26)27-12-20(29-15)16-5-7-18(8-6-16)25(2,19-9-10-19)24-30-23(35-31-24)17-11-28-33(13-17)14-21(34)32(3)4/h5-8,11-13,19H,9-10,14H2,1-4H3,(H2,26,27). The van der Waals surface area contributed by atoms with Gasteiger partial charge in [0, 0.05) is 25.9 Å². The first-order chi connectivity index (χ1) is 16.8. The zero-order chi connectivity index (χ0) is 24.7. The molecule has 0 aliphatic heterocycles. The molecule has 3 heterocycles. The molecule has 1 unspecified atom stereocenters. The van der Waals surface area contributed by atoms with Crippen molar-refractivity contribution in [3.63, 3.8) is 0 Å². The van der Waals surface area contributed by atoms with Crippen molar-refractivity contribution in [2.75, 3.05) is 19.8 Å². The average molecular weight is 473 g/mol. The minimum Gasteiger partial charge on any atom is -0.382 e. The number of aryl methyl sites for hydroxylation is 1. The van der Waals surface area contributed by atoms with Gasteiger partial charge >= 0.3 is 0 Å². The molecule has 10 heteroatoms. The van der Waals surface area contributed by atoms with Crippen LogP contribution in [0.3, 0.4) is 0 Å². The molecule has 0 saturated heterocycles. The van der Waals surface area contributed by atoms with Crippen LogP contribution in [0.1, 0.15) is 36.8 Å². The Balaban J connectivity index is 1.42. The van der Waals surface area contributed by atoms with E-state index in [-0.39, 0.29) is 17.9 Å². The number of benzene rings is 1. The van der Waals surface area contributed by atoms with Crippen LogP contribution >= 0.6 is 0 Å². The molecule has 10 nitrogen and oxygen atoms in total. The molecule has 1 amide bonds. The number of rotatable bonds is 7. The summed E-state index contributed by atoms with van der Waals surface area (Å²) in [5.74, 6) is 1.85. The van der Waals surface area contributed by atoms with E-state index in [4.69, 9.17) is 15.2 Å². The van der Waals surface area contributed by atoms with E-state index in [1.165, 1.54) is 4.90 Å². The molecule has 0 spiro atoms. The summed E-state index contributed by atoms with van der Waals surface area (Å²) in [5.41, 5.74) is 9.68. The third-order valence-corrected chi connectivity index (χ3v) is 6.73. The van der Waals surface area contributed by atoms with E-state index < -0.39 is 0 Å². The van der Waals surface area contributed by atoms with E-state index in [9.17, 15) is 4.79 Å². The van der Waals surface area contributed by atoms with Crippen LogP contribution in [0.15, 0.2) is 47.4 Å². The lowest BCUT2D eigenvalue weighted by molar-refractivity contribution is -0.129. The van der Waals surface area contributed by atoms with Crippen molar-refractivity contribution in [2.24, 2.45) is 5.92 Å². The SMILES string of the molecule is Cc1nc(-c2ccc(C(C)(c3noc(-c4cnn(CC(=O)N(C)C)c4)n3)C3CC3)cc2)cnc1N. The predicted octanol–water partition coefficient (Wildman–Crippen LogP) is 3.08. The lowest BCUT2D eigenvalue weighted by Crippen LogP contribution is -2.28. The van der Waals surface area contributed by atoms with Crippen LogP contribution in [0.5, 0.6) is 0 Å². The van der Waals surface area contributed by atoms with Gasteiger partial charge in [0.05, 0.1) is 34.8 Å². The van der Waals surface area contributed by atoms with Gasteiger partial charge in [0.2, 0.25) is 5.91 Å². The van der Waals surface area contributed by atoms with Gasteiger partial charge in [-0.25, -0.2) is 9.97 Å². The van der Waals surface area contributed by atoms with Crippen molar-refractivity contribution >= 4 is 11.7 Å². The maximum atomic E-state index is 12.0. The Labute approximate surface area is 203 Å². The number of aromatic nitrogens is 6. The fraction of sp³-hybridized carbons (Fsp3) is 0.360. The number of hydrogen-bond acceptors (Lipinski definition) is 8. The highest BCUT2D eigenvalue weighted by Crippen LogP contribution is 2.50. The van der Waals surface area contributed by atoms with Gasteiger partial charge in [-0.05, 0) is 38.2 Å². The summed E-state index contributed by atoms with van der Waals surface area (Å²) in [6.45, 7) is 4.17. The Bertz CT molecular complexity index is 1370. The van der Waals surface area contributed by atoms with Crippen LogP contribution < -0.4 is 5.73 Å². The van der Waals surface area contributed by atoms with Crippen LogP contribution in [0, 0.1) is 12.8 Å². The number of carbonyl (C=O) groups excluding carboxylic acids is 1. The molecule has 35 heavy (non-hydrogen) atoms. The normalized spacial score (nSPS) is 15.1. The second kappa shape index (κ2) is 8.61. The van der Waals surface area contributed by atoms with Gasteiger partial charge in [-0.15, -0.1) is 0 Å². The first kappa shape index (κ1) is 22.7. The van der Waals surface area contributed by atoms with Gasteiger partial charge in [-0.2, -0.15) is 10.1 Å². The topological polar surface area (TPSA) is 129 Å². The molecule has 1 aromatic carbocycles. The van der Waals surface area contributed by atoms with Crippen LogP contribution in [0.2, 0.25) is 0 Å². The number of nitrogens with zero attached hydrogens (tertiary/aromatic N) is 7. The number of amides is 1. The van der Waals surface area contributed by atoms with Gasteiger partial charge in [0.15, 0.2) is 5.82 Å².